The number of amides is 4. The van der Waals surface area contributed by atoms with Crippen LogP contribution in [0.3, 0.4) is 0 Å². The Balaban J connectivity index is 0.000000926. The van der Waals surface area contributed by atoms with Crippen molar-refractivity contribution in [3.63, 3.8) is 0 Å². The van der Waals surface area contributed by atoms with E-state index >= 15 is 0 Å². The molecule has 4 aromatic carbocycles. The first-order valence-electron chi connectivity index (χ1n) is 15.8. The van der Waals surface area contributed by atoms with E-state index in [9.17, 15) is 45.9 Å². The Hall–Kier alpha value is -5.69. The van der Waals surface area contributed by atoms with Crippen molar-refractivity contribution >= 4 is 96.3 Å². The summed E-state index contributed by atoms with van der Waals surface area (Å²) in [5.74, 6) is -6.62. The van der Waals surface area contributed by atoms with Crippen LogP contribution in [0.5, 0.6) is 0 Å². The molecule has 1 heterocycles. The number of carbonyl (C=O) groups excluding carboxylic acids is 4. The molecule has 0 saturated carbocycles. The molecule has 22 heteroatoms. The van der Waals surface area contributed by atoms with Gasteiger partial charge in [-0.25, -0.2) is 27.2 Å². The van der Waals surface area contributed by atoms with Crippen molar-refractivity contribution in [3.8, 4) is 11.1 Å². The molecule has 0 atom stereocenters. The molecule has 1 aliphatic rings. The van der Waals surface area contributed by atoms with Crippen LogP contribution in [0.2, 0.25) is 0 Å². The minimum absolute atomic E-state index is 0. The molecular formula is C33H36LiN9O10S2. The van der Waals surface area contributed by atoms with Crippen LogP contribution in [-0.4, -0.2) is 94.9 Å². The normalized spacial score (nSPS) is 13.5. The molecule has 0 unspecified atom stereocenters. The number of carboxylic acids is 1. The van der Waals surface area contributed by atoms with E-state index in [1.54, 1.807) is 0 Å². The summed E-state index contributed by atoms with van der Waals surface area (Å²) in [5.41, 5.74) is 24.7. The SMILES string of the molecule is CCN(CC)CC.N=Nc1ccc2c(c1)S(=O)(=O)NS(=O)(=O)c1c-2ccc(Nc2cc(C(N)=O)c3c(C(N)=O)ccc(C(N)=O)c3c2C(N)=O)c1C(=O)O.[LiH]. The number of fused-ring (bicyclic) bond motifs is 4. The van der Waals surface area contributed by atoms with Crippen LogP contribution in [0.4, 0.5) is 17.1 Å². The Morgan fingerprint density at radius 1 is 0.709 bits per heavy atom. The van der Waals surface area contributed by atoms with Crippen molar-refractivity contribution in [1.29, 1.82) is 5.53 Å². The molecule has 0 radical (unpaired) electrons. The number of nitrogens with one attached hydrogen (secondary N) is 3. The van der Waals surface area contributed by atoms with Crippen LogP contribution >= 0.6 is 0 Å². The predicted octanol–water partition coefficient (Wildman–Crippen LogP) is 1.69. The second-order valence-electron chi connectivity index (χ2n) is 11.5. The molecule has 1 aliphatic heterocycles. The van der Waals surface area contributed by atoms with Gasteiger partial charge in [-0.05, 0) is 56.0 Å². The molecule has 0 aliphatic carbocycles. The minimum atomic E-state index is -5.19. The van der Waals surface area contributed by atoms with Crippen LogP contribution in [0.25, 0.3) is 21.9 Å². The van der Waals surface area contributed by atoms with Gasteiger partial charge in [0.15, 0.2) is 0 Å². The summed E-state index contributed by atoms with van der Waals surface area (Å²) in [6, 6.07) is 8.36. The zero-order valence-electron chi connectivity index (χ0n) is 28.9. The Kier molecular flexibility index (Phi) is 13.3. The number of aromatic carboxylic acids is 1. The van der Waals surface area contributed by atoms with Crippen LogP contribution in [0, 0.1) is 5.53 Å². The van der Waals surface area contributed by atoms with E-state index in [2.05, 4.69) is 36.1 Å². The monoisotopic (exact) mass is 789 g/mol. The number of primary amides is 4. The third-order valence-corrected chi connectivity index (χ3v) is 12.1. The number of anilines is 2. The first-order valence-corrected chi connectivity index (χ1v) is 18.8. The summed E-state index contributed by atoms with van der Waals surface area (Å²) in [5, 5.41) is 15.2. The number of carboxylic acid groups (broad SMARTS) is 1. The van der Waals surface area contributed by atoms with E-state index in [4.69, 9.17) is 28.5 Å². The van der Waals surface area contributed by atoms with Gasteiger partial charge in [-0.15, -0.1) is 4.13 Å². The van der Waals surface area contributed by atoms with Gasteiger partial charge < -0.3 is 38.3 Å². The Morgan fingerprint density at radius 3 is 1.69 bits per heavy atom. The Bertz CT molecular complexity index is 2520. The molecule has 4 aromatic rings. The molecule has 55 heavy (non-hydrogen) atoms. The van der Waals surface area contributed by atoms with Crippen molar-refractivity contribution in [1.82, 2.24) is 9.03 Å². The third kappa shape index (κ3) is 8.36. The topological polar surface area (TPSA) is 341 Å². The summed E-state index contributed by atoms with van der Waals surface area (Å²) in [4.78, 5) is 63.7. The van der Waals surface area contributed by atoms with Gasteiger partial charge in [0.05, 0.1) is 27.5 Å². The van der Waals surface area contributed by atoms with Gasteiger partial charge in [0, 0.05) is 38.6 Å². The number of hydrogen-bond acceptors (Lipinski definition) is 13. The average Bonchev–Trinajstić information content (AvgIpc) is 3.16. The zero-order valence-corrected chi connectivity index (χ0v) is 30.5. The van der Waals surface area contributed by atoms with E-state index in [0.717, 1.165) is 42.5 Å². The van der Waals surface area contributed by atoms with E-state index in [-0.39, 0.29) is 46.6 Å². The van der Waals surface area contributed by atoms with Crippen molar-refractivity contribution in [2.75, 3.05) is 25.0 Å². The van der Waals surface area contributed by atoms with Gasteiger partial charge in [0.2, 0.25) is 17.7 Å². The van der Waals surface area contributed by atoms with Crippen LogP contribution < -0.4 is 32.4 Å². The van der Waals surface area contributed by atoms with Crippen molar-refractivity contribution in [2.24, 2.45) is 28.0 Å². The van der Waals surface area contributed by atoms with Crippen LogP contribution in [0.15, 0.2) is 63.4 Å². The van der Waals surface area contributed by atoms with Crippen molar-refractivity contribution in [2.45, 2.75) is 30.6 Å². The number of nitrogens with zero attached hydrogens (tertiary/aromatic N) is 2. The number of rotatable bonds is 11. The first kappa shape index (κ1) is 43.7. The molecule has 4 amide bonds. The average molecular weight is 790 g/mol. The second kappa shape index (κ2) is 16.8. The molecule has 0 bridgehead atoms. The zero-order chi connectivity index (χ0) is 40.4. The van der Waals surface area contributed by atoms with Gasteiger partial charge in [-0.3, -0.25) is 19.2 Å². The van der Waals surface area contributed by atoms with Crippen LogP contribution in [-0.2, 0) is 20.0 Å². The van der Waals surface area contributed by atoms with Gasteiger partial charge >= 0.3 is 24.8 Å². The molecular weight excluding hydrogens is 753 g/mol. The van der Waals surface area contributed by atoms with E-state index in [1.165, 1.54) is 29.8 Å². The number of hydrogen-bond donors (Lipinski definition) is 8. The molecule has 0 spiro atoms. The maximum atomic E-state index is 13.5. The second-order valence-corrected chi connectivity index (χ2v) is 15.0. The molecule has 0 aromatic heterocycles. The molecule has 0 saturated heterocycles. The predicted molar refractivity (Wildman–Crippen MR) is 203 cm³/mol. The van der Waals surface area contributed by atoms with Crippen molar-refractivity contribution in [3.05, 3.63) is 76.3 Å². The molecule has 286 valence electrons. The Morgan fingerprint density at radius 2 is 1.24 bits per heavy atom. The fraction of sp³-hybridized carbons (Fsp3) is 0.182. The van der Waals surface area contributed by atoms with Crippen LogP contribution in [0.1, 0.15) is 72.6 Å². The summed E-state index contributed by atoms with van der Waals surface area (Å²) in [7, 11) is -10.1. The third-order valence-electron chi connectivity index (χ3n) is 8.47. The fourth-order valence-electron chi connectivity index (χ4n) is 5.99. The van der Waals surface area contributed by atoms with Gasteiger partial charge in [0.1, 0.15) is 10.5 Å². The standard InChI is InChI=1S/C27H20N8O10S2.C6H15N.Li.H/c28-23(36)12-3-4-13(24(29)37)19-18(12)14(25(30)38)8-16(20(19)26(31)39)33-15-6-5-11-10-2-1-9(34-32)7-17(10)46(42,43)35-47(44,45)22(11)21(15)27(40)41;1-4-7(5-2)6-3;;/h1-8,32-33,35H,(H2,28,36)(H2,29,37)(H2,30,38)(H2,31,39)(H,40,41);4-6H2,1-3H3;;. The van der Waals surface area contributed by atoms with Gasteiger partial charge in [-0.1, -0.05) is 32.9 Å². The quantitative estimate of drug-likeness (QED) is 0.0795. The Labute approximate surface area is 326 Å². The van der Waals surface area contributed by atoms with E-state index in [1.807, 2.05) is 0 Å². The molecule has 0 fully saturated rings. The summed E-state index contributed by atoms with van der Waals surface area (Å²) in [6.45, 7) is 10.1. The maximum absolute atomic E-state index is 13.5. The fourth-order valence-corrected chi connectivity index (χ4v) is 9.51. The first-order chi connectivity index (χ1) is 25.3. The van der Waals surface area contributed by atoms with E-state index < -0.39 is 98.5 Å². The van der Waals surface area contributed by atoms with Crippen molar-refractivity contribution < 1.29 is 45.9 Å². The summed E-state index contributed by atoms with van der Waals surface area (Å²) in [6.07, 6.45) is 0. The van der Waals surface area contributed by atoms with Gasteiger partial charge in [0.25, 0.3) is 26.0 Å². The summed E-state index contributed by atoms with van der Waals surface area (Å²) >= 11 is 0. The molecule has 19 nitrogen and oxygen atoms in total. The number of benzene rings is 4. The number of sulfonamides is 2. The molecule has 5 rings (SSSR count). The number of nitrogens with two attached hydrogens (primary N) is 4. The summed E-state index contributed by atoms with van der Waals surface area (Å²) < 4.78 is 54.7. The van der Waals surface area contributed by atoms with Gasteiger partial charge in [-0.2, -0.15) is 5.11 Å². The molecule has 12 N–H and O–H groups in total. The number of carbonyl (C=O) groups is 5. The van der Waals surface area contributed by atoms with E-state index in [0.29, 0.717) is 0 Å².